The van der Waals surface area contributed by atoms with Crippen LogP contribution >= 0.6 is 22.6 Å². The lowest BCUT2D eigenvalue weighted by Gasteiger charge is -2.08. The van der Waals surface area contributed by atoms with Crippen LogP contribution in [0.15, 0.2) is 6.20 Å². The smallest absolute Gasteiger partial charge is 0.307 e. The summed E-state index contributed by atoms with van der Waals surface area (Å²) in [5.41, 5.74) is -0.788. The van der Waals surface area contributed by atoms with Crippen molar-refractivity contribution in [1.82, 2.24) is 4.98 Å². The molecule has 0 bridgehead atoms. The van der Waals surface area contributed by atoms with Gasteiger partial charge in [-0.15, -0.1) is 0 Å². The van der Waals surface area contributed by atoms with Gasteiger partial charge in [0, 0.05) is 6.20 Å². The highest BCUT2D eigenvalue weighted by atomic mass is 127. The number of carbonyl (C=O) groups is 1. The molecule has 0 amide bonds. The SMILES string of the molecule is N#Cc1c(CC(=O)O)cnc(I)c1C(F)F. The average Bonchev–Trinajstić information content (AvgIpc) is 2.18. The number of alkyl halides is 2. The molecule has 0 radical (unpaired) electrons. The van der Waals surface area contributed by atoms with Crippen LogP contribution in [0.1, 0.15) is 23.1 Å². The Morgan fingerprint density at radius 2 is 2.31 bits per heavy atom. The Morgan fingerprint density at radius 3 is 2.75 bits per heavy atom. The van der Waals surface area contributed by atoms with E-state index < -0.39 is 24.4 Å². The molecular weight excluding hydrogens is 333 g/mol. The zero-order valence-corrected chi connectivity index (χ0v) is 9.90. The largest absolute Gasteiger partial charge is 0.481 e. The Hall–Kier alpha value is -1.30. The number of hydrogen-bond acceptors (Lipinski definition) is 3. The fourth-order valence-corrected chi connectivity index (χ4v) is 1.82. The van der Waals surface area contributed by atoms with Crippen molar-refractivity contribution in [2.75, 3.05) is 0 Å². The van der Waals surface area contributed by atoms with Crippen LogP contribution in [0.3, 0.4) is 0 Å². The Bertz CT molecular complexity index is 471. The molecule has 0 fully saturated rings. The van der Waals surface area contributed by atoms with Gasteiger partial charge in [0.15, 0.2) is 0 Å². The van der Waals surface area contributed by atoms with Gasteiger partial charge in [0.05, 0.1) is 17.5 Å². The van der Waals surface area contributed by atoms with E-state index in [4.69, 9.17) is 10.4 Å². The van der Waals surface area contributed by atoms with E-state index >= 15 is 0 Å². The van der Waals surface area contributed by atoms with Crippen molar-refractivity contribution in [2.24, 2.45) is 0 Å². The van der Waals surface area contributed by atoms with Crippen LogP contribution < -0.4 is 0 Å². The first-order valence-electron chi connectivity index (χ1n) is 4.04. The minimum absolute atomic E-state index is 0.00529. The fraction of sp³-hybridized carbons (Fsp3) is 0.222. The summed E-state index contributed by atoms with van der Waals surface area (Å²) in [5.74, 6) is -1.19. The lowest BCUT2D eigenvalue weighted by atomic mass is 10.0. The zero-order chi connectivity index (χ0) is 12.3. The third-order valence-electron chi connectivity index (χ3n) is 1.82. The first-order chi connectivity index (χ1) is 7.47. The fourth-order valence-electron chi connectivity index (χ4n) is 1.17. The second-order valence-electron chi connectivity index (χ2n) is 2.85. The van der Waals surface area contributed by atoms with E-state index in [2.05, 4.69) is 4.98 Å². The van der Waals surface area contributed by atoms with Crippen molar-refractivity contribution in [2.45, 2.75) is 12.8 Å². The maximum absolute atomic E-state index is 12.6. The number of hydrogen-bond donors (Lipinski definition) is 1. The summed E-state index contributed by atoms with van der Waals surface area (Å²) in [4.78, 5) is 14.1. The number of aliphatic carboxylic acids is 1. The van der Waals surface area contributed by atoms with E-state index in [1.54, 1.807) is 28.7 Å². The average molecular weight is 338 g/mol. The highest BCUT2D eigenvalue weighted by molar-refractivity contribution is 14.1. The number of halogens is 3. The lowest BCUT2D eigenvalue weighted by Crippen LogP contribution is -2.07. The molecule has 1 heterocycles. The van der Waals surface area contributed by atoms with Gasteiger partial charge in [-0.3, -0.25) is 4.79 Å². The van der Waals surface area contributed by atoms with Crippen molar-refractivity contribution < 1.29 is 18.7 Å². The summed E-state index contributed by atoms with van der Waals surface area (Å²) < 4.78 is 25.3. The highest BCUT2D eigenvalue weighted by Crippen LogP contribution is 2.28. The second-order valence-corrected chi connectivity index (χ2v) is 3.87. The van der Waals surface area contributed by atoms with Crippen molar-refractivity contribution in [1.29, 1.82) is 5.26 Å². The third kappa shape index (κ3) is 2.63. The number of carboxylic acid groups (broad SMARTS) is 1. The minimum atomic E-state index is -2.84. The summed E-state index contributed by atoms with van der Waals surface area (Å²) >= 11 is 1.59. The number of aromatic nitrogens is 1. The molecule has 0 aliphatic heterocycles. The van der Waals surface area contributed by atoms with Crippen molar-refractivity contribution in [3.63, 3.8) is 0 Å². The zero-order valence-electron chi connectivity index (χ0n) is 7.75. The quantitative estimate of drug-likeness (QED) is 0.677. The Labute approximate surface area is 103 Å². The molecule has 1 rings (SSSR count). The Balaban J connectivity index is 3.38. The molecule has 0 atom stereocenters. The van der Waals surface area contributed by atoms with Gasteiger partial charge in [0.1, 0.15) is 9.77 Å². The number of pyridine rings is 1. The standard InChI is InChI=1S/C9H5F2IN2O2/c10-8(11)7-5(2-13)4(1-6(15)16)3-14-9(7)12/h3,8H,1H2,(H,15,16). The van der Waals surface area contributed by atoms with Gasteiger partial charge < -0.3 is 5.11 Å². The molecule has 1 aromatic rings. The predicted octanol–water partition coefficient (Wildman–Crippen LogP) is 2.12. The highest BCUT2D eigenvalue weighted by Gasteiger charge is 2.21. The summed E-state index contributed by atoms with van der Waals surface area (Å²) in [6, 6.07) is 1.60. The Morgan fingerprint density at radius 1 is 1.69 bits per heavy atom. The first-order valence-corrected chi connectivity index (χ1v) is 5.12. The molecule has 1 aromatic heterocycles. The van der Waals surface area contributed by atoms with Crippen LogP contribution in [0, 0.1) is 15.0 Å². The number of rotatable bonds is 3. The molecule has 7 heteroatoms. The molecule has 0 saturated heterocycles. The molecule has 0 aromatic carbocycles. The number of nitriles is 1. The van der Waals surface area contributed by atoms with Crippen LogP contribution in [0.5, 0.6) is 0 Å². The molecule has 0 spiro atoms. The first kappa shape index (κ1) is 12.8. The van der Waals surface area contributed by atoms with Gasteiger partial charge in [0.2, 0.25) is 0 Å². The summed E-state index contributed by atoms with van der Waals surface area (Å²) in [6.45, 7) is 0. The summed E-state index contributed by atoms with van der Waals surface area (Å²) in [6.07, 6.45) is -2.20. The molecule has 1 N–H and O–H groups in total. The van der Waals surface area contributed by atoms with Gasteiger partial charge in [-0.05, 0) is 28.2 Å². The van der Waals surface area contributed by atoms with E-state index in [1.807, 2.05) is 0 Å². The molecule has 0 unspecified atom stereocenters. The predicted molar refractivity (Wildman–Crippen MR) is 58.0 cm³/mol. The van der Waals surface area contributed by atoms with Crippen molar-refractivity contribution in [3.8, 4) is 6.07 Å². The molecular formula is C9H5F2IN2O2. The van der Waals surface area contributed by atoms with Gasteiger partial charge in [-0.1, -0.05) is 0 Å². The maximum atomic E-state index is 12.6. The molecule has 0 aliphatic carbocycles. The van der Waals surface area contributed by atoms with Crippen LogP contribution in [0.2, 0.25) is 0 Å². The van der Waals surface area contributed by atoms with E-state index in [0.717, 1.165) is 6.20 Å². The van der Waals surface area contributed by atoms with Crippen molar-refractivity contribution in [3.05, 3.63) is 26.6 Å². The van der Waals surface area contributed by atoms with Crippen LogP contribution in [0.4, 0.5) is 8.78 Å². The Kier molecular flexibility index (Phi) is 4.12. The molecule has 84 valence electrons. The summed E-state index contributed by atoms with van der Waals surface area (Å²) in [5, 5.41) is 17.3. The third-order valence-corrected chi connectivity index (χ3v) is 2.68. The van der Waals surface area contributed by atoms with Gasteiger partial charge in [-0.25, -0.2) is 13.8 Å². The van der Waals surface area contributed by atoms with Gasteiger partial charge in [0.25, 0.3) is 6.43 Å². The topological polar surface area (TPSA) is 74.0 Å². The van der Waals surface area contributed by atoms with Crippen LogP contribution in [0.25, 0.3) is 0 Å². The second kappa shape index (κ2) is 5.16. The van der Waals surface area contributed by atoms with Gasteiger partial charge >= 0.3 is 5.97 Å². The monoisotopic (exact) mass is 338 g/mol. The minimum Gasteiger partial charge on any atom is -0.481 e. The van der Waals surface area contributed by atoms with Crippen LogP contribution in [-0.2, 0) is 11.2 Å². The molecule has 0 aliphatic rings. The van der Waals surface area contributed by atoms with Gasteiger partial charge in [-0.2, -0.15) is 5.26 Å². The van der Waals surface area contributed by atoms with E-state index in [-0.39, 0.29) is 14.8 Å². The molecule has 0 saturated carbocycles. The normalized spacial score (nSPS) is 10.2. The molecule has 16 heavy (non-hydrogen) atoms. The van der Waals surface area contributed by atoms with E-state index in [1.165, 1.54) is 0 Å². The van der Waals surface area contributed by atoms with Crippen LogP contribution in [-0.4, -0.2) is 16.1 Å². The maximum Gasteiger partial charge on any atom is 0.307 e. The number of carboxylic acids is 1. The van der Waals surface area contributed by atoms with E-state index in [9.17, 15) is 13.6 Å². The summed E-state index contributed by atoms with van der Waals surface area (Å²) in [7, 11) is 0. The lowest BCUT2D eigenvalue weighted by molar-refractivity contribution is -0.136. The van der Waals surface area contributed by atoms with Crippen molar-refractivity contribution >= 4 is 28.6 Å². The molecule has 4 nitrogen and oxygen atoms in total. The van der Waals surface area contributed by atoms with E-state index in [0.29, 0.717) is 0 Å². The number of nitrogens with zero attached hydrogens (tertiary/aromatic N) is 2.